The molecule has 1 fully saturated rings. The smallest absolute Gasteiger partial charge is 0.358 e. The Bertz CT molecular complexity index is 1410. The molecule has 0 radical (unpaired) electrons. The number of nitrogens with zero attached hydrogens (tertiary/aromatic N) is 4. The zero-order valence-electron chi connectivity index (χ0n) is 22.8. The molecule has 0 aliphatic carbocycles. The number of ether oxygens (including phenoxy) is 3. The van der Waals surface area contributed by atoms with Crippen molar-refractivity contribution < 1.29 is 42.7 Å². The Kier molecular flexibility index (Phi) is 8.86. The molecule has 15 nitrogen and oxygen atoms in total. The van der Waals surface area contributed by atoms with Crippen LogP contribution in [0.4, 0.5) is 5.13 Å². The van der Waals surface area contributed by atoms with Crippen LogP contribution in [0.3, 0.4) is 0 Å². The summed E-state index contributed by atoms with van der Waals surface area (Å²) in [7, 11) is 1.27. The number of nitrogens with two attached hydrogens (primary N) is 1. The zero-order valence-corrected chi connectivity index (χ0v) is 24.4. The third kappa shape index (κ3) is 6.62. The van der Waals surface area contributed by atoms with Crippen LogP contribution in [0, 0.1) is 12.3 Å². The number of esters is 2. The molecule has 2 atom stereocenters. The number of anilines is 1. The number of aromatic nitrogens is 2. The van der Waals surface area contributed by atoms with Gasteiger partial charge in [-0.25, -0.2) is 9.78 Å². The van der Waals surface area contributed by atoms with E-state index in [4.69, 9.17) is 29.3 Å². The number of nitrogens with one attached hydrogen (secondary N) is 1. The van der Waals surface area contributed by atoms with E-state index in [1.807, 2.05) is 0 Å². The highest BCUT2D eigenvalue weighted by Crippen LogP contribution is 2.41. The first-order chi connectivity index (χ1) is 19.4. The number of thioether (sulfide) groups is 1. The summed E-state index contributed by atoms with van der Waals surface area (Å²) < 4.78 is 20.9. The van der Waals surface area contributed by atoms with Gasteiger partial charge in [0.1, 0.15) is 42.3 Å². The number of carbonyl (C=O) groups excluding carboxylic acids is 4. The average molecular weight is 609 g/mol. The lowest BCUT2D eigenvalue weighted by molar-refractivity contribution is -0.173. The van der Waals surface area contributed by atoms with Gasteiger partial charge in [-0.15, -0.1) is 23.1 Å². The van der Waals surface area contributed by atoms with Crippen molar-refractivity contribution in [2.24, 2.45) is 10.6 Å². The van der Waals surface area contributed by atoms with E-state index in [0.29, 0.717) is 11.3 Å². The minimum atomic E-state index is -0.993. The molecule has 17 heteroatoms. The molecule has 41 heavy (non-hydrogen) atoms. The summed E-state index contributed by atoms with van der Waals surface area (Å²) in [5, 5.41) is 11.2. The highest BCUT2D eigenvalue weighted by Gasteiger charge is 2.55. The van der Waals surface area contributed by atoms with Gasteiger partial charge in [-0.05, 0) is 32.9 Å². The number of aryl methyl sites for hydroxylation is 1. The molecule has 2 aromatic rings. The third-order valence-electron chi connectivity index (χ3n) is 5.68. The van der Waals surface area contributed by atoms with Crippen LogP contribution >= 0.6 is 23.1 Å². The summed E-state index contributed by atoms with van der Waals surface area (Å²) in [5.74, 6) is -1.77. The molecule has 2 aliphatic rings. The van der Waals surface area contributed by atoms with Crippen molar-refractivity contribution in [2.75, 3.05) is 32.0 Å². The van der Waals surface area contributed by atoms with Gasteiger partial charge in [-0.1, -0.05) is 5.16 Å². The lowest BCUT2D eigenvalue weighted by Gasteiger charge is -2.49. The fourth-order valence-corrected chi connectivity index (χ4v) is 5.55. The molecule has 4 rings (SSSR count). The maximum Gasteiger partial charge on any atom is 0.358 e. The minimum Gasteiger partial charge on any atom is -0.471 e. The molecule has 2 aromatic heterocycles. The first-order valence-corrected chi connectivity index (χ1v) is 14.0. The minimum absolute atomic E-state index is 0.0747. The van der Waals surface area contributed by atoms with Crippen molar-refractivity contribution in [3.63, 3.8) is 0 Å². The zero-order chi connectivity index (χ0) is 29.9. The van der Waals surface area contributed by atoms with Crippen molar-refractivity contribution in [1.82, 2.24) is 20.4 Å². The normalized spacial score (nSPS) is 18.8. The predicted molar refractivity (Wildman–Crippen MR) is 145 cm³/mol. The van der Waals surface area contributed by atoms with Gasteiger partial charge < -0.3 is 34.6 Å². The molecular weight excluding hydrogens is 580 g/mol. The van der Waals surface area contributed by atoms with Crippen LogP contribution in [0.15, 0.2) is 32.4 Å². The van der Waals surface area contributed by atoms with E-state index in [9.17, 15) is 19.2 Å². The highest BCUT2D eigenvalue weighted by molar-refractivity contribution is 8.00. The second kappa shape index (κ2) is 12.2. The molecule has 2 amide bonds. The van der Waals surface area contributed by atoms with E-state index < -0.39 is 47.4 Å². The maximum absolute atomic E-state index is 13.3. The summed E-state index contributed by atoms with van der Waals surface area (Å²) in [6, 6.07) is 0.575. The summed E-state index contributed by atoms with van der Waals surface area (Å²) >= 11 is 2.42. The van der Waals surface area contributed by atoms with E-state index in [2.05, 4.69) is 20.6 Å². The Morgan fingerprint density at radius 3 is 2.66 bits per heavy atom. The number of oxime groups is 1. The molecule has 3 N–H and O–H groups in total. The fourth-order valence-electron chi connectivity index (χ4n) is 3.68. The summed E-state index contributed by atoms with van der Waals surface area (Å²) in [5.41, 5.74) is 5.24. The van der Waals surface area contributed by atoms with Gasteiger partial charge >= 0.3 is 11.9 Å². The van der Waals surface area contributed by atoms with Crippen molar-refractivity contribution in [1.29, 1.82) is 0 Å². The summed E-state index contributed by atoms with van der Waals surface area (Å²) in [6.07, 6.45) is 0. The second-order valence-electron chi connectivity index (χ2n) is 9.80. The van der Waals surface area contributed by atoms with E-state index in [-0.39, 0.29) is 40.5 Å². The van der Waals surface area contributed by atoms with Crippen molar-refractivity contribution in [3.8, 4) is 5.88 Å². The maximum atomic E-state index is 13.3. The molecule has 220 valence electrons. The third-order valence-corrected chi connectivity index (χ3v) is 7.70. The first-order valence-electron chi connectivity index (χ1n) is 12.1. The fraction of sp³-hybridized carbons (Fsp3) is 0.458. The van der Waals surface area contributed by atoms with Crippen LogP contribution in [0.25, 0.3) is 0 Å². The quantitative estimate of drug-likeness (QED) is 0.128. The largest absolute Gasteiger partial charge is 0.471 e. The molecule has 0 unspecified atom stereocenters. The summed E-state index contributed by atoms with van der Waals surface area (Å²) in [6.45, 7) is 5.91. The van der Waals surface area contributed by atoms with Gasteiger partial charge in [0, 0.05) is 22.8 Å². The van der Waals surface area contributed by atoms with E-state index in [0.717, 1.165) is 11.3 Å². The lowest BCUT2D eigenvalue weighted by atomic mass is 9.98. The average Bonchev–Trinajstić information content (AvgIpc) is 3.54. The van der Waals surface area contributed by atoms with Gasteiger partial charge in [0.05, 0.1) is 5.41 Å². The Morgan fingerprint density at radius 1 is 1.29 bits per heavy atom. The Hall–Kier alpha value is -4.12. The van der Waals surface area contributed by atoms with Gasteiger partial charge in [0.25, 0.3) is 17.7 Å². The number of rotatable bonds is 10. The van der Waals surface area contributed by atoms with Crippen LogP contribution in [-0.4, -0.2) is 82.2 Å². The second-order valence-corrected chi connectivity index (χ2v) is 11.8. The number of hydrogen-bond donors (Lipinski definition) is 2. The molecule has 0 aromatic carbocycles. The van der Waals surface area contributed by atoms with Crippen LogP contribution in [-0.2, 0) is 33.5 Å². The van der Waals surface area contributed by atoms with Crippen molar-refractivity contribution in [3.05, 3.63) is 34.2 Å². The number of fused-ring (bicyclic) bond motifs is 1. The first kappa shape index (κ1) is 29.9. The molecule has 0 saturated carbocycles. The molecule has 4 heterocycles. The number of hydrogen-bond acceptors (Lipinski definition) is 15. The highest BCUT2D eigenvalue weighted by atomic mass is 32.2. The summed E-state index contributed by atoms with van der Waals surface area (Å²) in [4.78, 5) is 61.6. The van der Waals surface area contributed by atoms with Crippen LogP contribution in [0.5, 0.6) is 5.88 Å². The van der Waals surface area contributed by atoms with E-state index >= 15 is 0 Å². The van der Waals surface area contributed by atoms with Gasteiger partial charge in [0.15, 0.2) is 10.8 Å². The molecule has 0 bridgehead atoms. The van der Waals surface area contributed by atoms with Crippen LogP contribution in [0.1, 0.15) is 32.2 Å². The SMILES string of the molecule is CO/N=C(/C(=O)N[C@@H]1C(=O)N2C(C(=O)OCOC(=O)C(C)(C)C)=C(COc3cc(C)on3)CS[C@H]12)c1csc(N)n1. The van der Waals surface area contributed by atoms with Gasteiger partial charge in [0.2, 0.25) is 6.79 Å². The van der Waals surface area contributed by atoms with Gasteiger partial charge in [-0.3, -0.25) is 19.3 Å². The number of amides is 2. The Morgan fingerprint density at radius 2 is 2.05 bits per heavy atom. The number of nitrogen functional groups attached to an aromatic ring is 1. The number of carbonyl (C=O) groups is 4. The van der Waals surface area contributed by atoms with Crippen LogP contribution in [0.2, 0.25) is 0 Å². The molecule has 1 saturated heterocycles. The number of β-lactam (4-membered cyclic amide) rings is 1. The lowest BCUT2D eigenvalue weighted by Crippen LogP contribution is -2.71. The predicted octanol–water partition coefficient (Wildman–Crippen LogP) is 1.20. The molecule has 2 aliphatic heterocycles. The monoisotopic (exact) mass is 608 g/mol. The van der Waals surface area contributed by atoms with Gasteiger partial charge in [-0.2, -0.15) is 0 Å². The molecular formula is C24H28N6O9S2. The topological polar surface area (TPSA) is 198 Å². The van der Waals surface area contributed by atoms with Crippen LogP contribution < -0.4 is 15.8 Å². The van der Waals surface area contributed by atoms with Crippen molar-refractivity contribution >= 4 is 57.7 Å². The standard InChI is InChI=1S/C24H28N6O9S2/c1-11-6-14(28-39-11)36-7-12-8-40-20-16(27-18(31)15(29-35-5)13-9-41-23(25)26-13)19(32)30(20)17(12)21(33)37-10-38-22(34)24(2,3)4/h6,9,16,20H,7-8,10H2,1-5H3,(H2,25,26)(H,27,31)/b29-15+/t16-,20-/m1/s1. The van der Waals surface area contributed by atoms with Crippen molar-refractivity contribution in [2.45, 2.75) is 39.1 Å². The van der Waals surface area contributed by atoms with E-state index in [1.165, 1.54) is 29.2 Å². The van der Waals surface area contributed by atoms with E-state index in [1.54, 1.807) is 33.8 Å². The Balaban J connectivity index is 1.51. The Labute approximate surface area is 242 Å². The number of thiazole rings is 1. The molecule has 0 spiro atoms.